The number of rotatable bonds is 7. The zero-order valence-electron chi connectivity index (χ0n) is 16.8. The molecular weight excluding hydrogens is 348 g/mol. The number of ether oxygens (including phenoxy) is 5. The fourth-order valence-electron chi connectivity index (χ4n) is 2.44. The Morgan fingerprint density at radius 3 is 1.56 bits per heavy atom. The number of phenols is 1. The van der Waals surface area contributed by atoms with Crippen LogP contribution >= 0.6 is 0 Å². The monoisotopic (exact) mass is 376 g/mol. The molecule has 0 aliphatic rings. The quantitative estimate of drug-likeness (QED) is 0.732. The summed E-state index contributed by atoms with van der Waals surface area (Å²) in [6.45, 7) is 5.62. The fourth-order valence-corrected chi connectivity index (χ4v) is 2.44. The molecule has 0 saturated heterocycles. The van der Waals surface area contributed by atoms with Crippen molar-refractivity contribution in [2.75, 3.05) is 35.5 Å². The summed E-state index contributed by atoms with van der Waals surface area (Å²) in [5, 5.41) is 9.61. The van der Waals surface area contributed by atoms with Gasteiger partial charge < -0.3 is 28.8 Å². The maximum Gasteiger partial charge on any atom is 0.203 e. The summed E-state index contributed by atoms with van der Waals surface area (Å²) in [6, 6.07) is 7.34. The van der Waals surface area contributed by atoms with Crippen molar-refractivity contribution >= 4 is 0 Å². The molecule has 1 N–H and O–H groups in total. The van der Waals surface area contributed by atoms with Crippen LogP contribution in [-0.4, -0.2) is 40.7 Å². The number of phenolic OH excluding ortho intramolecular Hbond substituents is 1. The zero-order chi connectivity index (χ0) is 20.4. The van der Waals surface area contributed by atoms with Gasteiger partial charge in [0.2, 0.25) is 11.5 Å². The molecule has 0 spiro atoms. The van der Waals surface area contributed by atoms with E-state index < -0.39 is 0 Å². The van der Waals surface area contributed by atoms with E-state index in [-0.39, 0.29) is 5.75 Å². The molecule has 0 heterocycles. The van der Waals surface area contributed by atoms with Crippen LogP contribution in [-0.2, 0) is 6.42 Å². The molecule has 6 heteroatoms. The first-order valence-electron chi connectivity index (χ1n) is 8.26. The molecule has 0 atom stereocenters. The smallest absolute Gasteiger partial charge is 0.203 e. The second-order valence-corrected chi connectivity index (χ2v) is 5.54. The molecular formula is C21H28O6. The normalized spacial score (nSPS) is 9.56. The minimum absolute atomic E-state index is 0.0304. The van der Waals surface area contributed by atoms with E-state index in [9.17, 15) is 5.11 Å². The first-order valence-corrected chi connectivity index (χ1v) is 8.26. The molecule has 0 aliphatic carbocycles. The van der Waals surface area contributed by atoms with Crippen LogP contribution in [0.3, 0.4) is 0 Å². The van der Waals surface area contributed by atoms with Crippen molar-refractivity contribution in [2.24, 2.45) is 0 Å². The second kappa shape index (κ2) is 10.9. The average molecular weight is 376 g/mol. The lowest BCUT2D eigenvalue weighted by molar-refractivity contribution is 0.324. The highest BCUT2D eigenvalue weighted by atomic mass is 16.5. The van der Waals surface area contributed by atoms with Crippen molar-refractivity contribution in [2.45, 2.75) is 13.3 Å². The van der Waals surface area contributed by atoms with Crippen LogP contribution in [0.15, 0.2) is 36.9 Å². The van der Waals surface area contributed by atoms with E-state index in [1.807, 2.05) is 19.1 Å². The second-order valence-electron chi connectivity index (χ2n) is 5.54. The molecule has 2 rings (SSSR count). The minimum Gasteiger partial charge on any atom is -0.502 e. The van der Waals surface area contributed by atoms with E-state index in [4.69, 9.17) is 23.7 Å². The summed E-state index contributed by atoms with van der Waals surface area (Å²) in [6.07, 6.45) is 2.50. The van der Waals surface area contributed by atoms with E-state index in [1.165, 1.54) is 14.2 Å². The molecule has 0 aliphatic heterocycles. The van der Waals surface area contributed by atoms with E-state index >= 15 is 0 Å². The lowest BCUT2D eigenvalue weighted by atomic mass is 10.1. The molecule has 2 aromatic carbocycles. The third-order valence-corrected chi connectivity index (χ3v) is 3.73. The Kier molecular flexibility index (Phi) is 8.85. The molecule has 0 fully saturated rings. The van der Waals surface area contributed by atoms with E-state index in [0.717, 1.165) is 11.1 Å². The van der Waals surface area contributed by atoms with Crippen molar-refractivity contribution in [3.05, 3.63) is 48.0 Å². The van der Waals surface area contributed by atoms with Gasteiger partial charge in [-0.25, -0.2) is 0 Å². The van der Waals surface area contributed by atoms with Crippen molar-refractivity contribution in [1.29, 1.82) is 0 Å². The van der Waals surface area contributed by atoms with Crippen LogP contribution in [0.4, 0.5) is 0 Å². The Hall–Kier alpha value is -3.02. The van der Waals surface area contributed by atoms with Crippen LogP contribution in [0, 0.1) is 6.92 Å². The Morgan fingerprint density at radius 2 is 1.22 bits per heavy atom. The van der Waals surface area contributed by atoms with Crippen LogP contribution in [0.5, 0.6) is 34.5 Å². The summed E-state index contributed by atoms with van der Waals surface area (Å²) in [5.74, 6) is 2.89. The number of allylic oxidation sites excluding steroid dienone is 1. The Morgan fingerprint density at radius 1 is 0.778 bits per heavy atom. The van der Waals surface area contributed by atoms with Gasteiger partial charge in [-0.15, -0.1) is 6.58 Å². The van der Waals surface area contributed by atoms with E-state index in [0.29, 0.717) is 35.2 Å². The zero-order valence-corrected chi connectivity index (χ0v) is 16.8. The lowest BCUT2D eigenvalue weighted by Gasteiger charge is -2.12. The third kappa shape index (κ3) is 5.74. The first-order chi connectivity index (χ1) is 12.9. The standard InChI is InChI=1S/C11H14O3.C10H14O3/c1-4-5-8-6-9(13-2)11(12)10(7-8)14-3;1-7-5-8(11-2)10(13-4)9(6-7)12-3/h4,6-7,12H,1,5H2,2-3H3;5-6H,1-4H3. The van der Waals surface area contributed by atoms with Gasteiger partial charge in [-0.3, -0.25) is 0 Å². The maximum atomic E-state index is 9.61. The van der Waals surface area contributed by atoms with Gasteiger partial charge in [-0.2, -0.15) is 0 Å². The molecule has 6 nitrogen and oxygen atoms in total. The van der Waals surface area contributed by atoms with Crippen molar-refractivity contribution in [3.63, 3.8) is 0 Å². The number of hydrogen-bond donors (Lipinski definition) is 1. The van der Waals surface area contributed by atoms with Crippen LogP contribution in [0.1, 0.15) is 11.1 Å². The highest BCUT2D eigenvalue weighted by molar-refractivity contribution is 5.54. The van der Waals surface area contributed by atoms with Crippen molar-refractivity contribution < 1.29 is 28.8 Å². The number of aryl methyl sites for hydroxylation is 1. The minimum atomic E-state index is 0.0304. The molecule has 0 amide bonds. The third-order valence-electron chi connectivity index (χ3n) is 3.73. The van der Waals surface area contributed by atoms with E-state index in [1.54, 1.807) is 39.5 Å². The molecule has 0 aromatic heterocycles. The molecule has 2 aromatic rings. The van der Waals surface area contributed by atoms with Crippen molar-refractivity contribution in [3.8, 4) is 34.5 Å². The van der Waals surface area contributed by atoms with Crippen LogP contribution < -0.4 is 23.7 Å². The fraction of sp³-hybridized carbons (Fsp3) is 0.333. The van der Waals surface area contributed by atoms with Gasteiger partial charge in [0.15, 0.2) is 23.0 Å². The topological polar surface area (TPSA) is 66.4 Å². The van der Waals surface area contributed by atoms with Crippen LogP contribution in [0.25, 0.3) is 0 Å². The molecule has 27 heavy (non-hydrogen) atoms. The van der Waals surface area contributed by atoms with Gasteiger partial charge in [0.05, 0.1) is 35.5 Å². The molecule has 0 unspecified atom stereocenters. The SMILES string of the molecule is C=CCc1cc(OC)c(O)c(OC)c1.COc1cc(C)cc(OC)c1OC. The number of aromatic hydroxyl groups is 1. The largest absolute Gasteiger partial charge is 0.502 e. The predicted octanol–water partition coefficient (Wildman–Crippen LogP) is 4.16. The highest BCUT2D eigenvalue weighted by Gasteiger charge is 2.11. The molecule has 0 saturated carbocycles. The summed E-state index contributed by atoms with van der Waals surface area (Å²) in [5.41, 5.74) is 2.07. The van der Waals surface area contributed by atoms with Gasteiger partial charge >= 0.3 is 0 Å². The van der Waals surface area contributed by atoms with Gasteiger partial charge in [0, 0.05) is 0 Å². The van der Waals surface area contributed by atoms with Crippen LogP contribution in [0.2, 0.25) is 0 Å². The van der Waals surface area contributed by atoms with Gasteiger partial charge in [-0.1, -0.05) is 6.08 Å². The summed E-state index contributed by atoms with van der Waals surface area (Å²) in [7, 11) is 7.82. The molecule has 0 radical (unpaired) electrons. The highest BCUT2D eigenvalue weighted by Crippen LogP contribution is 2.38. The summed E-state index contributed by atoms with van der Waals surface area (Å²) < 4.78 is 25.5. The van der Waals surface area contributed by atoms with Crippen molar-refractivity contribution in [1.82, 2.24) is 0 Å². The number of methoxy groups -OCH3 is 5. The van der Waals surface area contributed by atoms with E-state index in [2.05, 4.69) is 6.58 Å². The summed E-state index contributed by atoms with van der Waals surface area (Å²) >= 11 is 0. The first kappa shape index (κ1) is 22.0. The average Bonchev–Trinajstić information content (AvgIpc) is 2.68. The molecule has 0 bridgehead atoms. The number of benzene rings is 2. The van der Waals surface area contributed by atoms with Gasteiger partial charge in [0.1, 0.15) is 0 Å². The molecule has 148 valence electrons. The Balaban J connectivity index is 0.000000271. The lowest BCUT2D eigenvalue weighted by Crippen LogP contribution is -1.95. The number of hydrogen-bond acceptors (Lipinski definition) is 6. The predicted molar refractivity (Wildman–Crippen MR) is 106 cm³/mol. The Labute approximate surface area is 160 Å². The Bertz CT molecular complexity index is 704. The maximum absolute atomic E-state index is 9.61. The summed E-state index contributed by atoms with van der Waals surface area (Å²) in [4.78, 5) is 0. The van der Waals surface area contributed by atoms with Gasteiger partial charge in [-0.05, 0) is 48.7 Å². The van der Waals surface area contributed by atoms with Gasteiger partial charge in [0.25, 0.3) is 0 Å².